The maximum absolute atomic E-state index is 12.6. The van der Waals surface area contributed by atoms with Crippen LogP contribution in [0.25, 0.3) is 10.9 Å². The van der Waals surface area contributed by atoms with Crippen LogP contribution < -0.4 is 15.0 Å². The molecule has 1 fully saturated rings. The number of hydrogen-bond acceptors (Lipinski definition) is 4. The fourth-order valence-corrected chi connectivity index (χ4v) is 3.22. The van der Waals surface area contributed by atoms with Gasteiger partial charge in [0.25, 0.3) is 5.91 Å². The minimum absolute atomic E-state index is 0.116. The molecule has 0 saturated carbocycles. The first-order chi connectivity index (χ1) is 13.1. The third-order valence-electron chi connectivity index (χ3n) is 4.62. The first-order valence-electron chi connectivity index (χ1n) is 8.80. The molecule has 0 bridgehead atoms. The van der Waals surface area contributed by atoms with Gasteiger partial charge in [-0.2, -0.15) is 0 Å². The Labute approximate surface area is 156 Å². The number of aromatic nitrogens is 1. The number of benzene rings is 2. The van der Waals surface area contributed by atoms with Gasteiger partial charge in [0, 0.05) is 29.7 Å². The summed E-state index contributed by atoms with van der Waals surface area (Å²) >= 11 is 0. The Morgan fingerprint density at radius 3 is 2.81 bits per heavy atom. The van der Waals surface area contributed by atoms with Crippen molar-refractivity contribution in [2.75, 3.05) is 23.9 Å². The summed E-state index contributed by atoms with van der Waals surface area (Å²) < 4.78 is 5.20. The molecule has 1 N–H and O–H groups in total. The monoisotopic (exact) mass is 361 g/mol. The molecule has 1 aliphatic heterocycles. The molecule has 136 valence electrons. The molecule has 2 amide bonds. The Morgan fingerprint density at radius 2 is 2.04 bits per heavy atom. The molecule has 27 heavy (non-hydrogen) atoms. The van der Waals surface area contributed by atoms with E-state index in [0.717, 1.165) is 28.8 Å². The molecular weight excluding hydrogens is 342 g/mol. The molecule has 1 aliphatic rings. The molecule has 0 atom stereocenters. The number of fused-ring (bicyclic) bond motifs is 1. The summed E-state index contributed by atoms with van der Waals surface area (Å²) in [5.74, 6) is 0.567. The Morgan fingerprint density at radius 1 is 1.15 bits per heavy atom. The number of nitrogens with zero attached hydrogens (tertiary/aromatic N) is 2. The van der Waals surface area contributed by atoms with Crippen LogP contribution in [0.1, 0.15) is 23.3 Å². The van der Waals surface area contributed by atoms with E-state index in [1.807, 2.05) is 42.5 Å². The zero-order valence-corrected chi connectivity index (χ0v) is 14.9. The van der Waals surface area contributed by atoms with Crippen LogP contribution in [0.3, 0.4) is 0 Å². The lowest BCUT2D eigenvalue weighted by Crippen LogP contribution is -2.23. The summed E-state index contributed by atoms with van der Waals surface area (Å²) in [6, 6.07) is 16.4. The van der Waals surface area contributed by atoms with Crippen molar-refractivity contribution < 1.29 is 14.3 Å². The maximum atomic E-state index is 12.6. The average Bonchev–Trinajstić information content (AvgIpc) is 3.13. The SMILES string of the molecule is COc1ccc2nc(C(=O)Nc3cccc(N4CCCC4=O)c3)ccc2c1. The van der Waals surface area contributed by atoms with Crippen LogP contribution >= 0.6 is 0 Å². The summed E-state index contributed by atoms with van der Waals surface area (Å²) in [6.07, 6.45) is 1.43. The summed E-state index contributed by atoms with van der Waals surface area (Å²) in [7, 11) is 1.61. The molecular formula is C21H19N3O3. The van der Waals surface area contributed by atoms with Crippen LogP contribution in [-0.4, -0.2) is 30.5 Å². The second-order valence-electron chi connectivity index (χ2n) is 6.41. The number of methoxy groups -OCH3 is 1. The van der Waals surface area contributed by atoms with Crippen LogP contribution in [0.2, 0.25) is 0 Å². The Hall–Kier alpha value is -3.41. The summed E-state index contributed by atoms with van der Waals surface area (Å²) in [5, 5.41) is 3.76. The van der Waals surface area contributed by atoms with Crippen molar-refractivity contribution >= 4 is 34.1 Å². The molecule has 4 rings (SSSR count). The van der Waals surface area contributed by atoms with E-state index in [0.29, 0.717) is 24.3 Å². The highest BCUT2D eigenvalue weighted by Gasteiger charge is 2.22. The number of carbonyl (C=O) groups is 2. The lowest BCUT2D eigenvalue weighted by atomic mass is 10.2. The predicted octanol–water partition coefficient (Wildman–Crippen LogP) is 3.62. The topological polar surface area (TPSA) is 71.5 Å². The Kier molecular flexibility index (Phi) is 4.46. The van der Waals surface area contributed by atoms with Crippen molar-refractivity contribution in [3.05, 3.63) is 60.3 Å². The highest BCUT2D eigenvalue weighted by molar-refractivity contribution is 6.04. The van der Waals surface area contributed by atoms with Gasteiger partial charge in [0.15, 0.2) is 0 Å². The molecule has 0 aliphatic carbocycles. The molecule has 3 aromatic rings. The van der Waals surface area contributed by atoms with Crippen LogP contribution in [0.15, 0.2) is 54.6 Å². The summed E-state index contributed by atoms with van der Waals surface area (Å²) in [4.78, 5) is 30.7. The lowest BCUT2D eigenvalue weighted by Gasteiger charge is -2.16. The number of ether oxygens (including phenoxy) is 1. The van der Waals surface area contributed by atoms with Crippen molar-refractivity contribution in [2.45, 2.75) is 12.8 Å². The van der Waals surface area contributed by atoms with E-state index in [2.05, 4.69) is 10.3 Å². The third-order valence-corrected chi connectivity index (χ3v) is 4.62. The number of nitrogens with one attached hydrogen (secondary N) is 1. The smallest absolute Gasteiger partial charge is 0.274 e. The maximum Gasteiger partial charge on any atom is 0.274 e. The van der Waals surface area contributed by atoms with Crippen LogP contribution in [-0.2, 0) is 4.79 Å². The van der Waals surface area contributed by atoms with Gasteiger partial charge in [-0.05, 0) is 48.9 Å². The largest absolute Gasteiger partial charge is 0.497 e. The molecule has 0 spiro atoms. The van der Waals surface area contributed by atoms with Crippen molar-refractivity contribution in [1.82, 2.24) is 4.98 Å². The van der Waals surface area contributed by atoms with E-state index in [1.54, 1.807) is 24.1 Å². The molecule has 2 aromatic carbocycles. The molecule has 6 nitrogen and oxygen atoms in total. The van der Waals surface area contributed by atoms with Gasteiger partial charge in [0.1, 0.15) is 11.4 Å². The highest BCUT2D eigenvalue weighted by atomic mass is 16.5. The molecule has 1 saturated heterocycles. The molecule has 6 heteroatoms. The number of hydrogen-bond donors (Lipinski definition) is 1. The summed E-state index contributed by atoms with van der Waals surface area (Å²) in [6.45, 7) is 0.714. The average molecular weight is 361 g/mol. The van der Waals surface area contributed by atoms with Crippen LogP contribution in [0, 0.1) is 0 Å². The first-order valence-corrected chi connectivity index (χ1v) is 8.80. The van der Waals surface area contributed by atoms with Crippen molar-refractivity contribution in [3.8, 4) is 5.75 Å². The van der Waals surface area contributed by atoms with Gasteiger partial charge in [0.2, 0.25) is 5.91 Å². The summed E-state index contributed by atoms with van der Waals surface area (Å²) in [5.41, 5.74) is 2.48. The fraction of sp³-hybridized carbons (Fsp3) is 0.190. The molecule has 1 aromatic heterocycles. The van der Waals surface area contributed by atoms with E-state index < -0.39 is 0 Å². The van der Waals surface area contributed by atoms with Gasteiger partial charge in [-0.25, -0.2) is 4.98 Å². The van der Waals surface area contributed by atoms with Crippen molar-refractivity contribution in [3.63, 3.8) is 0 Å². The quantitative estimate of drug-likeness (QED) is 0.770. The van der Waals surface area contributed by atoms with E-state index in [4.69, 9.17) is 4.74 Å². The normalized spacial score (nSPS) is 13.8. The van der Waals surface area contributed by atoms with Gasteiger partial charge in [0.05, 0.1) is 12.6 Å². The van der Waals surface area contributed by atoms with Gasteiger partial charge >= 0.3 is 0 Å². The first kappa shape index (κ1) is 17.0. The standard InChI is InChI=1S/C21H19N3O3/c1-27-17-8-10-18-14(12-17)7-9-19(23-18)21(26)22-15-4-2-5-16(13-15)24-11-3-6-20(24)25/h2,4-5,7-10,12-13H,3,6,11H2,1H3,(H,22,26). The number of amides is 2. The van der Waals surface area contributed by atoms with E-state index in [1.165, 1.54) is 0 Å². The molecule has 0 radical (unpaired) electrons. The third kappa shape index (κ3) is 3.46. The predicted molar refractivity (Wildman–Crippen MR) is 104 cm³/mol. The van der Waals surface area contributed by atoms with E-state index >= 15 is 0 Å². The molecule has 0 unspecified atom stereocenters. The van der Waals surface area contributed by atoms with Gasteiger partial charge in [-0.15, -0.1) is 0 Å². The Balaban J connectivity index is 1.55. The minimum atomic E-state index is -0.294. The van der Waals surface area contributed by atoms with Crippen LogP contribution in [0.5, 0.6) is 5.75 Å². The second kappa shape index (κ2) is 7.07. The Bertz CT molecular complexity index is 1030. The number of carbonyl (C=O) groups excluding carboxylic acids is 2. The number of rotatable bonds is 4. The second-order valence-corrected chi connectivity index (χ2v) is 6.41. The molecule has 2 heterocycles. The fourth-order valence-electron chi connectivity index (χ4n) is 3.22. The van der Waals surface area contributed by atoms with Crippen LogP contribution in [0.4, 0.5) is 11.4 Å². The van der Waals surface area contributed by atoms with Gasteiger partial charge in [-0.3, -0.25) is 9.59 Å². The minimum Gasteiger partial charge on any atom is -0.497 e. The highest BCUT2D eigenvalue weighted by Crippen LogP contribution is 2.25. The zero-order chi connectivity index (χ0) is 18.8. The van der Waals surface area contributed by atoms with Crippen molar-refractivity contribution in [1.29, 1.82) is 0 Å². The number of pyridine rings is 1. The van der Waals surface area contributed by atoms with Gasteiger partial charge in [-0.1, -0.05) is 12.1 Å². The number of anilines is 2. The lowest BCUT2D eigenvalue weighted by molar-refractivity contribution is -0.117. The van der Waals surface area contributed by atoms with Crippen molar-refractivity contribution in [2.24, 2.45) is 0 Å². The van der Waals surface area contributed by atoms with Gasteiger partial charge < -0.3 is 15.0 Å². The van der Waals surface area contributed by atoms with E-state index in [9.17, 15) is 9.59 Å². The van der Waals surface area contributed by atoms with E-state index in [-0.39, 0.29) is 11.8 Å². The zero-order valence-electron chi connectivity index (χ0n) is 14.9.